The fourth-order valence-electron chi connectivity index (χ4n) is 3.46. The second-order valence-electron chi connectivity index (χ2n) is 7.50. The van der Waals surface area contributed by atoms with E-state index in [1.165, 1.54) is 6.42 Å². The Morgan fingerprint density at radius 1 is 1.23 bits per heavy atom. The summed E-state index contributed by atoms with van der Waals surface area (Å²) in [5.74, 6) is 2.00. The lowest BCUT2D eigenvalue weighted by Gasteiger charge is -2.41. The molecule has 2 aromatic rings. The molecule has 6 heteroatoms. The molecular formula is C20H30N4O2. The van der Waals surface area contributed by atoms with Crippen LogP contribution in [-0.2, 0) is 6.54 Å². The van der Waals surface area contributed by atoms with Crippen molar-refractivity contribution in [2.75, 3.05) is 32.8 Å². The average molecular weight is 358 g/mol. The third kappa shape index (κ3) is 5.13. The largest absolute Gasteiger partial charge is 0.396 e. The molecule has 1 aromatic carbocycles. The minimum atomic E-state index is 0.232. The van der Waals surface area contributed by atoms with Gasteiger partial charge in [0.25, 0.3) is 0 Å². The van der Waals surface area contributed by atoms with Gasteiger partial charge in [-0.2, -0.15) is 4.98 Å². The van der Waals surface area contributed by atoms with Gasteiger partial charge >= 0.3 is 0 Å². The van der Waals surface area contributed by atoms with Crippen molar-refractivity contribution in [3.8, 4) is 11.4 Å². The van der Waals surface area contributed by atoms with E-state index in [2.05, 4.69) is 33.8 Å². The molecule has 0 aliphatic carbocycles. The highest BCUT2D eigenvalue weighted by molar-refractivity contribution is 5.53. The molecule has 1 N–H and O–H groups in total. The van der Waals surface area contributed by atoms with Gasteiger partial charge in [-0.1, -0.05) is 49.3 Å². The zero-order chi connectivity index (χ0) is 18.4. The smallest absolute Gasteiger partial charge is 0.241 e. The van der Waals surface area contributed by atoms with Crippen LogP contribution in [-0.4, -0.2) is 63.9 Å². The van der Waals surface area contributed by atoms with E-state index in [9.17, 15) is 5.11 Å². The maximum absolute atomic E-state index is 9.43. The monoisotopic (exact) mass is 358 g/mol. The van der Waals surface area contributed by atoms with Crippen molar-refractivity contribution in [3.63, 3.8) is 0 Å². The van der Waals surface area contributed by atoms with Crippen LogP contribution >= 0.6 is 0 Å². The van der Waals surface area contributed by atoms with Crippen molar-refractivity contribution >= 4 is 0 Å². The molecule has 0 saturated carbocycles. The Morgan fingerprint density at radius 2 is 2.04 bits per heavy atom. The van der Waals surface area contributed by atoms with Crippen molar-refractivity contribution in [1.29, 1.82) is 0 Å². The Morgan fingerprint density at radius 3 is 2.77 bits per heavy atom. The van der Waals surface area contributed by atoms with Gasteiger partial charge in [-0.05, 0) is 25.3 Å². The molecule has 0 spiro atoms. The molecule has 1 aromatic heterocycles. The first-order valence-corrected chi connectivity index (χ1v) is 9.61. The van der Waals surface area contributed by atoms with E-state index < -0.39 is 0 Å². The first kappa shape index (κ1) is 19.0. The van der Waals surface area contributed by atoms with Crippen molar-refractivity contribution in [1.82, 2.24) is 19.9 Å². The zero-order valence-corrected chi connectivity index (χ0v) is 15.8. The molecular weight excluding hydrogens is 328 g/mol. The van der Waals surface area contributed by atoms with Gasteiger partial charge in [-0.25, -0.2) is 0 Å². The highest BCUT2D eigenvalue weighted by Crippen LogP contribution is 2.19. The van der Waals surface area contributed by atoms with Gasteiger partial charge in [-0.15, -0.1) is 0 Å². The molecule has 1 aliphatic rings. The van der Waals surface area contributed by atoms with E-state index in [0.29, 0.717) is 30.2 Å². The fraction of sp³-hybridized carbons (Fsp3) is 0.600. The molecule has 1 aliphatic heterocycles. The standard InChI is InChI=1S/C20H30N4O2/c1-16(2)8-10-24-12-11-23(14-18(24)9-13-25)15-19-21-20(22-26-19)17-6-4-3-5-7-17/h3-7,16,18,25H,8-15H2,1-2H3/t18-/m1/s1. The lowest BCUT2D eigenvalue weighted by Crippen LogP contribution is -2.53. The normalized spacial score (nSPS) is 19.3. The highest BCUT2D eigenvalue weighted by Gasteiger charge is 2.27. The number of hydrogen-bond donors (Lipinski definition) is 1. The van der Waals surface area contributed by atoms with Crippen LogP contribution in [0, 0.1) is 5.92 Å². The van der Waals surface area contributed by atoms with Crippen LogP contribution in [0.4, 0.5) is 0 Å². The van der Waals surface area contributed by atoms with E-state index in [1.54, 1.807) is 0 Å². The SMILES string of the molecule is CC(C)CCN1CCN(Cc2nc(-c3ccccc3)no2)C[C@H]1CCO. The Bertz CT molecular complexity index is 659. The number of nitrogens with zero attached hydrogens (tertiary/aromatic N) is 4. The molecule has 0 unspecified atom stereocenters. The molecule has 2 heterocycles. The maximum Gasteiger partial charge on any atom is 0.241 e. The molecule has 26 heavy (non-hydrogen) atoms. The summed E-state index contributed by atoms with van der Waals surface area (Å²) in [4.78, 5) is 9.42. The summed E-state index contributed by atoms with van der Waals surface area (Å²) < 4.78 is 5.46. The minimum Gasteiger partial charge on any atom is -0.396 e. The Labute approximate surface area is 155 Å². The molecule has 1 fully saturated rings. The fourth-order valence-corrected chi connectivity index (χ4v) is 3.46. The first-order chi connectivity index (χ1) is 12.7. The van der Waals surface area contributed by atoms with Gasteiger partial charge in [-0.3, -0.25) is 9.80 Å². The van der Waals surface area contributed by atoms with Gasteiger partial charge in [0.2, 0.25) is 11.7 Å². The molecule has 6 nitrogen and oxygen atoms in total. The number of rotatable bonds is 8. The zero-order valence-electron chi connectivity index (χ0n) is 15.8. The molecule has 0 bridgehead atoms. The van der Waals surface area contributed by atoms with Crippen molar-refractivity contribution in [2.45, 2.75) is 39.3 Å². The van der Waals surface area contributed by atoms with Gasteiger partial charge < -0.3 is 9.63 Å². The summed E-state index contributed by atoms with van der Waals surface area (Å²) in [6, 6.07) is 10.3. The van der Waals surface area contributed by atoms with E-state index in [0.717, 1.165) is 38.2 Å². The summed E-state index contributed by atoms with van der Waals surface area (Å²) in [6.07, 6.45) is 2.01. The van der Waals surface area contributed by atoms with E-state index in [1.807, 2.05) is 30.3 Å². The second kappa shape index (κ2) is 9.26. The van der Waals surface area contributed by atoms with Crippen molar-refractivity contribution in [3.05, 3.63) is 36.2 Å². The molecule has 1 atom stereocenters. The highest BCUT2D eigenvalue weighted by atomic mass is 16.5. The van der Waals surface area contributed by atoms with Gasteiger partial charge in [0.1, 0.15) is 0 Å². The number of piperazine rings is 1. The predicted octanol–water partition coefficient (Wildman–Crippen LogP) is 2.65. The van der Waals surface area contributed by atoms with Crippen LogP contribution in [0.3, 0.4) is 0 Å². The average Bonchev–Trinajstić information content (AvgIpc) is 3.10. The van der Waals surface area contributed by atoms with Crippen molar-refractivity contribution < 1.29 is 9.63 Å². The Kier molecular flexibility index (Phi) is 6.77. The van der Waals surface area contributed by atoms with Crippen LogP contribution < -0.4 is 0 Å². The topological polar surface area (TPSA) is 65.6 Å². The number of benzene rings is 1. The van der Waals surface area contributed by atoms with E-state index in [4.69, 9.17) is 4.52 Å². The van der Waals surface area contributed by atoms with Crippen LogP contribution in [0.5, 0.6) is 0 Å². The summed E-state index contributed by atoms with van der Waals surface area (Å²) >= 11 is 0. The molecule has 0 radical (unpaired) electrons. The minimum absolute atomic E-state index is 0.232. The lowest BCUT2D eigenvalue weighted by molar-refractivity contribution is 0.0474. The van der Waals surface area contributed by atoms with Crippen LogP contribution in [0.2, 0.25) is 0 Å². The maximum atomic E-state index is 9.43. The lowest BCUT2D eigenvalue weighted by atomic mass is 10.1. The number of aliphatic hydroxyl groups excluding tert-OH is 1. The van der Waals surface area contributed by atoms with Crippen LogP contribution in [0.25, 0.3) is 11.4 Å². The van der Waals surface area contributed by atoms with Gasteiger partial charge in [0.15, 0.2) is 0 Å². The molecule has 1 saturated heterocycles. The van der Waals surface area contributed by atoms with Crippen LogP contribution in [0.1, 0.15) is 32.6 Å². The van der Waals surface area contributed by atoms with E-state index in [-0.39, 0.29) is 6.61 Å². The third-order valence-corrected chi connectivity index (χ3v) is 5.00. The van der Waals surface area contributed by atoms with Crippen molar-refractivity contribution in [2.24, 2.45) is 5.92 Å². The Balaban J connectivity index is 1.58. The second-order valence-corrected chi connectivity index (χ2v) is 7.50. The summed E-state index contributed by atoms with van der Waals surface area (Å²) in [5, 5.41) is 13.5. The van der Waals surface area contributed by atoms with Crippen LogP contribution in [0.15, 0.2) is 34.9 Å². The predicted molar refractivity (Wildman–Crippen MR) is 102 cm³/mol. The number of hydrogen-bond acceptors (Lipinski definition) is 6. The summed E-state index contributed by atoms with van der Waals surface area (Å²) in [7, 11) is 0. The molecule has 142 valence electrons. The number of aliphatic hydroxyl groups is 1. The number of aromatic nitrogens is 2. The van der Waals surface area contributed by atoms with E-state index >= 15 is 0 Å². The molecule has 3 rings (SSSR count). The first-order valence-electron chi connectivity index (χ1n) is 9.61. The summed E-state index contributed by atoms with van der Waals surface area (Å²) in [6.45, 7) is 9.47. The van der Waals surface area contributed by atoms with Gasteiger partial charge in [0.05, 0.1) is 6.54 Å². The summed E-state index contributed by atoms with van der Waals surface area (Å²) in [5.41, 5.74) is 0.971. The molecule has 0 amide bonds. The third-order valence-electron chi connectivity index (χ3n) is 5.00. The van der Waals surface area contributed by atoms with Gasteiger partial charge in [0, 0.05) is 37.8 Å². The Hall–Kier alpha value is -1.76. The quantitative estimate of drug-likeness (QED) is 0.783.